The Morgan fingerprint density at radius 1 is 1.30 bits per heavy atom. The maximum Gasteiger partial charge on any atom is 0.511 e. The van der Waals surface area contributed by atoms with Crippen LogP contribution in [0.2, 0.25) is 0 Å². The van der Waals surface area contributed by atoms with E-state index in [1.165, 1.54) is 4.88 Å². The van der Waals surface area contributed by atoms with E-state index in [1.807, 2.05) is 26.0 Å². The highest BCUT2D eigenvalue weighted by Crippen LogP contribution is 2.30. The Morgan fingerprint density at radius 2 is 1.96 bits per heavy atom. The molecule has 0 radical (unpaired) electrons. The molecule has 2 N–H and O–H groups in total. The summed E-state index contributed by atoms with van der Waals surface area (Å²) in [5.41, 5.74) is -5.23. The molecule has 1 saturated heterocycles. The van der Waals surface area contributed by atoms with E-state index in [-0.39, 0.29) is 19.0 Å². The number of halogens is 3. The molecule has 0 unspecified atom stereocenters. The minimum atomic E-state index is -5.23. The number of rotatable bonds is 6. The molecule has 2 rings (SSSR count). The van der Waals surface area contributed by atoms with Gasteiger partial charge in [0.1, 0.15) is 0 Å². The minimum Gasteiger partial charge on any atom is -0.357 e. The van der Waals surface area contributed by atoms with Crippen LogP contribution < -0.4 is 10.6 Å². The first kappa shape index (κ1) is 22.0. The van der Waals surface area contributed by atoms with Crippen molar-refractivity contribution >= 4 is 27.3 Å². The van der Waals surface area contributed by atoms with Gasteiger partial charge >= 0.3 is 15.5 Å². The largest absolute Gasteiger partial charge is 0.511 e. The predicted molar refractivity (Wildman–Crippen MR) is 101 cm³/mol. The van der Waals surface area contributed by atoms with E-state index < -0.39 is 15.5 Å². The molecule has 154 valence electrons. The van der Waals surface area contributed by atoms with E-state index in [2.05, 4.69) is 15.6 Å². The molecule has 0 aliphatic carbocycles. The highest BCUT2D eigenvalue weighted by molar-refractivity contribution is 7.90. The second-order valence-electron chi connectivity index (χ2n) is 6.38. The molecule has 11 heteroatoms. The molecule has 27 heavy (non-hydrogen) atoms. The van der Waals surface area contributed by atoms with Crippen molar-refractivity contribution in [1.29, 1.82) is 0 Å². The average Bonchev–Trinajstić information content (AvgIpc) is 3.02. The van der Waals surface area contributed by atoms with Crippen LogP contribution in [0.25, 0.3) is 0 Å². The first-order valence-corrected chi connectivity index (χ1v) is 11.0. The SMILES string of the molecule is CCNC(=NCc1ccc(C)s1)NCC1CCN(S(=O)(=O)C(F)(F)F)CC1. The van der Waals surface area contributed by atoms with Gasteiger partial charge in [-0.05, 0) is 44.7 Å². The first-order chi connectivity index (χ1) is 12.6. The highest BCUT2D eigenvalue weighted by atomic mass is 32.2. The number of aryl methyl sites for hydroxylation is 1. The topological polar surface area (TPSA) is 73.8 Å². The van der Waals surface area contributed by atoms with Gasteiger partial charge in [0.25, 0.3) is 0 Å². The van der Waals surface area contributed by atoms with Crippen molar-refractivity contribution in [3.05, 3.63) is 21.9 Å². The lowest BCUT2D eigenvalue weighted by molar-refractivity contribution is -0.0496. The van der Waals surface area contributed by atoms with Crippen LogP contribution in [0.1, 0.15) is 29.5 Å². The molecule has 0 spiro atoms. The fourth-order valence-corrected chi connectivity index (χ4v) is 4.61. The van der Waals surface area contributed by atoms with Crippen LogP contribution in [0.15, 0.2) is 17.1 Å². The van der Waals surface area contributed by atoms with Gasteiger partial charge in [0.2, 0.25) is 0 Å². The van der Waals surface area contributed by atoms with Crippen molar-refractivity contribution < 1.29 is 21.6 Å². The smallest absolute Gasteiger partial charge is 0.357 e. The van der Waals surface area contributed by atoms with Crippen molar-refractivity contribution in [3.63, 3.8) is 0 Å². The molecule has 0 saturated carbocycles. The average molecular weight is 427 g/mol. The van der Waals surface area contributed by atoms with Gasteiger partial charge in [-0.3, -0.25) is 0 Å². The summed E-state index contributed by atoms with van der Waals surface area (Å²) < 4.78 is 61.3. The standard InChI is InChI=1S/C16H25F3N4O2S2/c1-3-20-15(22-11-14-5-4-12(2)26-14)21-10-13-6-8-23(9-7-13)27(24,25)16(17,18)19/h4-5,13H,3,6-11H2,1-2H3,(H2,20,21,22). The van der Waals surface area contributed by atoms with Crippen molar-refractivity contribution in [2.45, 2.75) is 38.7 Å². The number of alkyl halides is 3. The van der Waals surface area contributed by atoms with E-state index in [0.29, 0.717) is 42.7 Å². The molecule has 0 atom stereocenters. The van der Waals surface area contributed by atoms with Crippen LogP contribution >= 0.6 is 11.3 Å². The number of nitrogens with one attached hydrogen (secondary N) is 2. The molecule has 1 aliphatic heterocycles. The summed E-state index contributed by atoms with van der Waals surface area (Å²) in [5.74, 6) is 0.742. The van der Waals surface area contributed by atoms with E-state index in [9.17, 15) is 21.6 Å². The van der Waals surface area contributed by atoms with Crippen molar-refractivity contribution in [2.75, 3.05) is 26.2 Å². The lowest BCUT2D eigenvalue weighted by atomic mass is 9.98. The number of guanidine groups is 1. The van der Waals surface area contributed by atoms with Crippen LogP contribution in [0.4, 0.5) is 13.2 Å². The fraction of sp³-hybridized carbons (Fsp3) is 0.688. The second-order valence-corrected chi connectivity index (χ2v) is 9.68. The maximum absolute atomic E-state index is 12.6. The van der Waals surface area contributed by atoms with E-state index in [1.54, 1.807) is 11.3 Å². The molecule has 2 heterocycles. The summed E-state index contributed by atoms with van der Waals surface area (Å²) >= 11 is 1.68. The normalized spacial score (nSPS) is 17.9. The first-order valence-electron chi connectivity index (χ1n) is 8.77. The van der Waals surface area contributed by atoms with Gasteiger partial charge < -0.3 is 10.6 Å². The number of sulfonamides is 1. The Labute approximate surface area is 161 Å². The Balaban J connectivity index is 1.84. The minimum absolute atomic E-state index is 0.0949. The van der Waals surface area contributed by atoms with Crippen LogP contribution in [0, 0.1) is 12.8 Å². The molecule has 6 nitrogen and oxygen atoms in total. The van der Waals surface area contributed by atoms with E-state index in [0.717, 1.165) is 4.88 Å². The molecule has 1 aliphatic rings. The monoisotopic (exact) mass is 426 g/mol. The highest BCUT2D eigenvalue weighted by Gasteiger charge is 2.50. The van der Waals surface area contributed by atoms with Crippen molar-refractivity contribution in [2.24, 2.45) is 10.9 Å². The van der Waals surface area contributed by atoms with Gasteiger partial charge in [-0.2, -0.15) is 17.5 Å². The second kappa shape index (κ2) is 9.24. The molecule has 0 bridgehead atoms. The maximum atomic E-state index is 12.6. The Kier molecular flexibility index (Phi) is 7.52. The number of thiophene rings is 1. The summed E-state index contributed by atoms with van der Waals surface area (Å²) in [7, 11) is -5.22. The van der Waals surface area contributed by atoms with Gasteiger partial charge in [-0.1, -0.05) is 0 Å². The van der Waals surface area contributed by atoms with Crippen molar-refractivity contribution in [1.82, 2.24) is 14.9 Å². The van der Waals surface area contributed by atoms with Gasteiger partial charge in [-0.15, -0.1) is 11.3 Å². The molecule has 1 aromatic heterocycles. The fourth-order valence-electron chi connectivity index (χ4n) is 2.81. The summed E-state index contributed by atoms with van der Waals surface area (Å²) in [6, 6.07) is 4.07. The van der Waals surface area contributed by atoms with Gasteiger partial charge in [0.05, 0.1) is 6.54 Å². The number of hydrogen-bond acceptors (Lipinski definition) is 4. The van der Waals surface area contributed by atoms with E-state index in [4.69, 9.17) is 0 Å². The lowest BCUT2D eigenvalue weighted by Crippen LogP contribution is -2.47. The third kappa shape index (κ3) is 6.08. The summed E-state index contributed by atoms with van der Waals surface area (Å²) in [4.78, 5) is 6.89. The zero-order valence-corrected chi connectivity index (χ0v) is 17.0. The quantitative estimate of drug-likeness (QED) is 0.542. The molecular formula is C16H25F3N4O2S2. The summed E-state index contributed by atoms with van der Waals surface area (Å²) in [5, 5.41) is 6.35. The number of hydrogen-bond donors (Lipinski definition) is 2. The summed E-state index contributed by atoms with van der Waals surface area (Å²) in [6.07, 6.45) is 0.762. The van der Waals surface area contributed by atoms with Crippen LogP contribution in [0.3, 0.4) is 0 Å². The zero-order chi connectivity index (χ0) is 20.1. The molecule has 0 aromatic carbocycles. The van der Waals surface area contributed by atoms with E-state index >= 15 is 0 Å². The third-order valence-corrected chi connectivity index (χ3v) is 6.91. The molecule has 1 fully saturated rings. The van der Waals surface area contributed by atoms with Gasteiger partial charge in [-0.25, -0.2) is 13.4 Å². The molecular weight excluding hydrogens is 401 g/mol. The third-order valence-electron chi connectivity index (χ3n) is 4.30. The Morgan fingerprint density at radius 3 is 2.48 bits per heavy atom. The Hall–Kier alpha value is -1.33. The molecule has 1 aromatic rings. The Bertz CT molecular complexity index is 739. The predicted octanol–water partition coefficient (Wildman–Crippen LogP) is 2.67. The zero-order valence-electron chi connectivity index (χ0n) is 15.3. The lowest BCUT2D eigenvalue weighted by Gasteiger charge is -2.31. The number of nitrogens with zero attached hydrogens (tertiary/aromatic N) is 2. The number of aliphatic imine (C=N–C) groups is 1. The number of piperidine rings is 1. The van der Waals surface area contributed by atoms with Crippen molar-refractivity contribution in [3.8, 4) is 0 Å². The van der Waals surface area contributed by atoms with Gasteiger partial charge in [0.15, 0.2) is 5.96 Å². The molecule has 0 amide bonds. The summed E-state index contributed by atoms with van der Waals surface area (Å²) in [6.45, 7) is 5.54. The van der Waals surface area contributed by atoms with Crippen LogP contribution in [-0.4, -0.2) is 50.4 Å². The van der Waals surface area contributed by atoms with Gasteiger partial charge in [0, 0.05) is 35.9 Å². The van der Waals surface area contributed by atoms with Crippen LogP contribution in [-0.2, 0) is 16.6 Å². The van der Waals surface area contributed by atoms with Crippen LogP contribution in [0.5, 0.6) is 0 Å².